The van der Waals surface area contributed by atoms with E-state index < -0.39 is 0 Å². The summed E-state index contributed by atoms with van der Waals surface area (Å²) < 4.78 is 0. The number of hydrogen-bond acceptors (Lipinski definition) is 1. The lowest BCUT2D eigenvalue weighted by Gasteiger charge is -2.14. The molecular formula is C10H23N. The van der Waals surface area contributed by atoms with E-state index in [2.05, 4.69) is 27.7 Å². The fourth-order valence-corrected chi connectivity index (χ4v) is 1.37. The van der Waals surface area contributed by atoms with Crippen molar-refractivity contribution in [3.63, 3.8) is 0 Å². The van der Waals surface area contributed by atoms with E-state index in [9.17, 15) is 0 Å². The zero-order valence-corrected chi connectivity index (χ0v) is 8.43. The minimum Gasteiger partial charge on any atom is -0.328 e. The number of nitrogens with two attached hydrogens (primary N) is 1. The van der Waals surface area contributed by atoms with Crippen LogP contribution >= 0.6 is 0 Å². The highest BCUT2D eigenvalue weighted by Crippen LogP contribution is 2.15. The molecule has 0 spiro atoms. The van der Waals surface area contributed by atoms with Crippen molar-refractivity contribution in [1.29, 1.82) is 0 Å². The Morgan fingerprint density at radius 1 is 1.00 bits per heavy atom. The van der Waals surface area contributed by atoms with Gasteiger partial charge in [-0.05, 0) is 25.2 Å². The summed E-state index contributed by atoms with van der Waals surface area (Å²) >= 11 is 0. The van der Waals surface area contributed by atoms with Crippen LogP contribution in [0.2, 0.25) is 0 Å². The van der Waals surface area contributed by atoms with Gasteiger partial charge in [0.25, 0.3) is 0 Å². The van der Waals surface area contributed by atoms with E-state index in [4.69, 9.17) is 5.73 Å². The Morgan fingerprint density at radius 3 is 1.91 bits per heavy atom. The lowest BCUT2D eigenvalue weighted by Crippen LogP contribution is -2.18. The third-order valence-corrected chi connectivity index (χ3v) is 2.01. The summed E-state index contributed by atoms with van der Waals surface area (Å²) in [5.41, 5.74) is 5.70. The van der Waals surface area contributed by atoms with E-state index in [0.29, 0.717) is 6.04 Å². The molecule has 0 aromatic heterocycles. The molecule has 11 heavy (non-hydrogen) atoms. The molecular weight excluding hydrogens is 134 g/mol. The van der Waals surface area contributed by atoms with Crippen LogP contribution in [0.5, 0.6) is 0 Å². The van der Waals surface area contributed by atoms with Crippen LogP contribution in [0.15, 0.2) is 0 Å². The number of rotatable bonds is 5. The van der Waals surface area contributed by atoms with Crippen LogP contribution in [0.3, 0.4) is 0 Å². The van der Waals surface area contributed by atoms with Gasteiger partial charge >= 0.3 is 0 Å². The summed E-state index contributed by atoms with van der Waals surface area (Å²) in [6.07, 6.45) is 3.85. The quantitative estimate of drug-likeness (QED) is 0.652. The molecule has 0 aromatic carbocycles. The second-order valence-electron chi connectivity index (χ2n) is 4.29. The van der Waals surface area contributed by atoms with Gasteiger partial charge in [-0.25, -0.2) is 0 Å². The fourth-order valence-electron chi connectivity index (χ4n) is 1.37. The monoisotopic (exact) mass is 157 g/mol. The molecule has 0 rings (SSSR count). The maximum atomic E-state index is 5.70. The fraction of sp³-hybridized carbons (Fsp3) is 1.00. The van der Waals surface area contributed by atoms with Crippen molar-refractivity contribution in [1.82, 2.24) is 0 Å². The first-order chi connectivity index (χ1) is 5.02. The van der Waals surface area contributed by atoms with Gasteiger partial charge in [0.1, 0.15) is 0 Å². The van der Waals surface area contributed by atoms with Crippen molar-refractivity contribution in [2.75, 3.05) is 0 Å². The first-order valence-electron chi connectivity index (χ1n) is 4.78. The summed E-state index contributed by atoms with van der Waals surface area (Å²) in [4.78, 5) is 0. The minimum atomic E-state index is 0.372. The standard InChI is InChI=1S/C10H23N/c1-8(2)5-6-9(3)7-10(4)11/h8-10H,5-7,11H2,1-4H3/t9-,10-/m0/s1. The molecule has 0 radical (unpaired) electrons. The van der Waals surface area contributed by atoms with Crippen molar-refractivity contribution in [3.8, 4) is 0 Å². The Bertz CT molecular complexity index is 86.9. The Balaban J connectivity index is 3.29. The molecule has 0 bridgehead atoms. The van der Waals surface area contributed by atoms with Gasteiger partial charge in [-0.15, -0.1) is 0 Å². The molecule has 0 aliphatic rings. The average Bonchev–Trinajstić information content (AvgIpc) is 1.82. The molecule has 0 saturated heterocycles. The van der Waals surface area contributed by atoms with Crippen LogP contribution < -0.4 is 5.73 Å². The van der Waals surface area contributed by atoms with E-state index >= 15 is 0 Å². The topological polar surface area (TPSA) is 26.0 Å². The highest BCUT2D eigenvalue weighted by Gasteiger charge is 2.05. The van der Waals surface area contributed by atoms with Crippen molar-refractivity contribution in [3.05, 3.63) is 0 Å². The largest absolute Gasteiger partial charge is 0.328 e. The van der Waals surface area contributed by atoms with E-state index in [1.165, 1.54) is 19.3 Å². The third-order valence-electron chi connectivity index (χ3n) is 2.01. The van der Waals surface area contributed by atoms with E-state index in [1.807, 2.05) is 0 Å². The predicted octanol–water partition coefficient (Wildman–Crippen LogP) is 2.80. The van der Waals surface area contributed by atoms with Crippen molar-refractivity contribution < 1.29 is 0 Å². The average molecular weight is 157 g/mol. The second kappa shape index (κ2) is 5.59. The van der Waals surface area contributed by atoms with Crippen LogP contribution in [0, 0.1) is 11.8 Å². The van der Waals surface area contributed by atoms with Gasteiger partial charge in [0, 0.05) is 6.04 Å². The first-order valence-corrected chi connectivity index (χ1v) is 4.78. The van der Waals surface area contributed by atoms with Gasteiger partial charge in [-0.3, -0.25) is 0 Å². The summed E-state index contributed by atoms with van der Waals surface area (Å²) in [5, 5.41) is 0. The second-order valence-corrected chi connectivity index (χ2v) is 4.29. The van der Waals surface area contributed by atoms with Crippen LogP contribution in [0.4, 0.5) is 0 Å². The van der Waals surface area contributed by atoms with Gasteiger partial charge in [-0.1, -0.05) is 33.6 Å². The smallest absolute Gasteiger partial charge is 0.00130 e. The van der Waals surface area contributed by atoms with Crippen LogP contribution in [0.25, 0.3) is 0 Å². The molecule has 0 unspecified atom stereocenters. The lowest BCUT2D eigenvalue weighted by molar-refractivity contribution is 0.405. The maximum absolute atomic E-state index is 5.70. The van der Waals surface area contributed by atoms with E-state index in [-0.39, 0.29) is 0 Å². The van der Waals surface area contributed by atoms with Gasteiger partial charge in [0.05, 0.1) is 0 Å². The molecule has 2 N–H and O–H groups in total. The Labute approximate surface area is 71.4 Å². The molecule has 1 nitrogen and oxygen atoms in total. The molecule has 0 fully saturated rings. The molecule has 1 heteroatoms. The minimum absolute atomic E-state index is 0.372. The maximum Gasteiger partial charge on any atom is 0.00130 e. The molecule has 2 atom stereocenters. The molecule has 0 saturated carbocycles. The van der Waals surface area contributed by atoms with E-state index in [0.717, 1.165) is 11.8 Å². The summed E-state index contributed by atoms with van der Waals surface area (Å²) in [6.45, 7) is 8.94. The Kier molecular flexibility index (Phi) is 5.57. The molecule has 0 heterocycles. The van der Waals surface area contributed by atoms with Gasteiger partial charge in [-0.2, -0.15) is 0 Å². The highest BCUT2D eigenvalue weighted by atomic mass is 14.6. The predicted molar refractivity (Wildman–Crippen MR) is 51.5 cm³/mol. The molecule has 0 aliphatic carbocycles. The molecule has 0 aromatic rings. The van der Waals surface area contributed by atoms with Gasteiger partial charge in [0.15, 0.2) is 0 Å². The third kappa shape index (κ3) is 7.86. The van der Waals surface area contributed by atoms with Gasteiger partial charge in [0.2, 0.25) is 0 Å². The normalized spacial score (nSPS) is 16.9. The summed E-state index contributed by atoms with van der Waals surface area (Å²) in [5.74, 6) is 1.64. The molecule has 0 amide bonds. The SMILES string of the molecule is CC(C)CC[C@H](C)C[C@H](C)N. The Hall–Kier alpha value is -0.0400. The molecule has 68 valence electrons. The van der Waals surface area contributed by atoms with Crippen LogP contribution in [0.1, 0.15) is 47.0 Å². The first kappa shape index (κ1) is 11.0. The van der Waals surface area contributed by atoms with Gasteiger partial charge < -0.3 is 5.73 Å². The lowest BCUT2D eigenvalue weighted by atomic mass is 9.94. The highest BCUT2D eigenvalue weighted by molar-refractivity contribution is 4.61. The summed E-state index contributed by atoms with van der Waals surface area (Å²) in [6, 6.07) is 0.372. The van der Waals surface area contributed by atoms with Crippen molar-refractivity contribution >= 4 is 0 Å². The Morgan fingerprint density at radius 2 is 1.55 bits per heavy atom. The zero-order valence-electron chi connectivity index (χ0n) is 8.43. The van der Waals surface area contributed by atoms with Crippen molar-refractivity contribution in [2.45, 2.75) is 53.0 Å². The van der Waals surface area contributed by atoms with Crippen LogP contribution in [-0.2, 0) is 0 Å². The number of hydrogen-bond donors (Lipinski definition) is 1. The zero-order chi connectivity index (χ0) is 8.85. The summed E-state index contributed by atoms with van der Waals surface area (Å²) in [7, 11) is 0. The molecule has 0 aliphatic heterocycles. The van der Waals surface area contributed by atoms with Crippen molar-refractivity contribution in [2.24, 2.45) is 17.6 Å². The van der Waals surface area contributed by atoms with E-state index in [1.54, 1.807) is 0 Å². The van der Waals surface area contributed by atoms with Crippen LogP contribution in [-0.4, -0.2) is 6.04 Å².